The van der Waals surface area contributed by atoms with Crippen molar-refractivity contribution in [2.75, 3.05) is 7.11 Å². The molecule has 0 unspecified atom stereocenters. The maximum atomic E-state index is 5.64. The van der Waals surface area contributed by atoms with Gasteiger partial charge in [0, 0.05) is 12.5 Å². The lowest BCUT2D eigenvalue weighted by molar-refractivity contribution is 0.0442. The van der Waals surface area contributed by atoms with E-state index in [1.54, 1.807) is 7.11 Å². The number of hydrogen-bond acceptors (Lipinski definition) is 1. The fourth-order valence-electron chi connectivity index (χ4n) is 0.694. The molecule has 1 rings (SSSR count). The van der Waals surface area contributed by atoms with Crippen LogP contribution in [0.3, 0.4) is 0 Å². The molecule has 0 aromatic carbocycles. The van der Waals surface area contributed by atoms with Crippen molar-refractivity contribution < 1.29 is 4.74 Å². The van der Waals surface area contributed by atoms with E-state index in [1.807, 2.05) is 0 Å². The molecule has 1 nitrogen and oxygen atoms in total. The van der Waals surface area contributed by atoms with Gasteiger partial charge in [0.25, 0.3) is 0 Å². The molecule has 0 amide bonds. The van der Waals surface area contributed by atoms with Crippen LogP contribution in [0.1, 0.15) is 12.8 Å². The molecule has 0 aromatic rings. The lowest BCUT2D eigenvalue weighted by Crippen LogP contribution is -2.30. The van der Waals surface area contributed by atoms with Gasteiger partial charge in [-0.3, -0.25) is 0 Å². The second-order valence-electron chi connectivity index (χ2n) is 1.93. The second-order valence-corrected chi connectivity index (χ2v) is 2.54. The molecule has 0 aromatic heterocycles. The predicted molar refractivity (Wildman–Crippen MR) is 29.7 cm³/mol. The van der Waals surface area contributed by atoms with Gasteiger partial charge in [0.05, 0.1) is 6.10 Å². The van der Waals surface area contributed by atoms with Crippen molar-refractivity contribution in [2.24, 2.45) is 0 Å². The molecule has 0 saturated heterocycles. The molecule has 1 saturated carbocycles. The molecule has 0 atom stereocenters. The normalized spacial score (nSPS) is 40.3. The third-order valence-corrected chi connectivity index (χ3v) is 1.73. The van der Waals surface area contributed by atoms with Crippen LogP contribution in [0.2, 0.25) is 0 Å². The monoisotopic (exact) mass is 120 g/mol. The Balaban J connectivity index is 2.06. The summed E-state index contributed by atoms with van der Waals surface area (Å²) in [7, 11) is 1.73. The summed E-state index contributed by atoms with van der Waals surface area (Å²) in [6.45, 7) is 0. The molecule has 0 N–H and O–H groups in total. The van der Waals surface area contributed by atoms with E-state index in [2.05, 4.69) is 0 Å². The van der Waals surface area contributed by atoms with E-state index in [4.69, 9.17) is 16.3 Å². The first kappa shape index (κ1) is 5.39. The van der Waals surface area contributed by atoms with E-state index in [9.17, 15) is 0 Å². The van der Waals surface area contributed by atoms with Gasteiger partial charge in [-0.1, -0.05) is 0 Å². The molecule has 0 spiro atoms. The first-order valence-electron chi connectivity index (χ1n) is 2.50. The highest BCUT2D eigenvalue weighted by atomic mass is 35.5. The highest BCUT2D eigenvalue weighted by molar-refractivity contribution is 6.21. The Bertz CT molecular complexity index is 59.1. The Morgan fingerprint density at radius 2 is 2.14 bits per heavy atom. The Labute approximate surface area is 48.6 Å². The zero-order valence-electron chi connectivity index (χ0n) is 4.36. The van der Waals surface area contributed by atoms with Gasteiger partial charge in [-0.05, 0) is 12.8 Å². The van der Waals surface area contributed by atoms with Crippen LogP contribution in [0.15, 0.2) is 0 Å². The van der Waals surface area contributed by atoms with Crippen LogP contribution in [0.25, 0.3) is 0 Å². The molecule has 0 bridgehead atoms. The van der Waals surface area contributed by atoms with Crippen molar-refractivity contribution in [3.63, 3.8) is 0 Å². The SMILES string of the molecule is COC1CC(Cl)C1. The van der Waals surface area contributed by atoms with Gasteiger partial charge >= 0.3 is 0 Å². The van der Waals surface area contributed by atoms with Gasteiger partial charge in [0.15, 0.2) is 0 Å². The van der Waals surface area contributed by atoms with E-state index < -0.39 is 0 Å². The number of alkyl halides is 1. The van der Waals surface area contributed by atoms with Crippen molar-refractivity contribution in [2.45, 2.75) is 24.3 Å². The lowest BCUT2D eigenvalue weighted by atomic mass is 9.96. The summed E-state index contributed by atoms with van der Waals surface area (Å²) in [6.07, 6.45) is 2.54. The van der Waals surface area contributed by atoms with Crippen LogP contribution in [-0.2, 0) is 4.74 Å². The van der Waals surface area contributed by atoms with E-state index in [1.165, 1.54) is 0 Å². The molecule has 7 heavy (non-hydrogen) atoms. The predicted octanol–water partition coefficient (Wildman–Crippen LogP) is 1.40. The molecule has 2 heteroatoms. The molecular weight excluding hydrogens is 112 g/mol. The number of methoxy groups -OCH3 is 1. The average Bonchev–Trinajstić information content (AvgIpc) is 1.58. The van der Waals surface area contributed by atoms with Crippen LogP contribution < -0.4 is 0 Å². The highest BCUT2D eigenvalue weighted by Crippen LogP contribution is 2.27. The van der Waals surface area contributed by atoms with Gasteiger partial charge in [-0.15, -0.1) is 11.6 Å². The molecule has 0 radical (unpaired) electrons. The van der Waals surface area contributed by atoms with Gasteiger partial charge in [0.2, 0.25) is 0 Å². The number of halogens is 1. The first-order valence-corrected chi connectivity index (χ1v) is 2.93. The summed E-state index contributed by atoms with van der Waals surface area (Å²) in [5, 5.41) is 0.393. The number of rotatable bonds is 1. The summed E-state index contributed by atoms with van der Waals surface area (Å²) in [6, 6.07) is 0. The van der Waals surface area contributed by atoms with Crippen molar-refractivity contribution in [1.29, 1.82) is 0 Å². The maximum absolute atomic E-state index is 5.64. The molecule has 1 aliphatic rings. The third-order valence-electron chi connectivity index (χ3n) is 1.37. The zero-order chi connectivity index (χ0) is 5.28. The quantitative estimate of drug-likeness (QED) is 0.476. The summed E-state index contributed by atoms with van der Waals surface area (Å²) < 4.78 is 4.97. The fourth-order valence-corrected chi connectivity index (χ4v) is 1.09. The minimum absolute atomic E-state index is 0.393. The molecular formula is C5H9ClO. The van der Waals surface area contributed by atoms with Crippen molar-refractivity contribution >= 4 is 11.6 Å². The molecule has 1 aliphatic carbocycles. The standard InChI is InChI=1S/C5H9ClO/c1-7-5-2-4(6)3-5/h4-5H,2-3H2,1H3. The summed E-state index contributed by atoms with van der Waals surface area (Å²) in [4.78, 5) is 0. The molecule has 0 heterocycles. The van der Waals surface area contributed by atoms with Gasteiger partial charge in [-0.25, -0.2) is 0 Å². The largest absolute Gasteiger partial charge is 0.381 e. The second kappa shape index (κ2) is 2.01. The smallest absolute Gasteiger partial charge is 0.0599 e. The number of ether oxygens (including phenoxy) is 1. The van der Waals surface area contributed by atoms with Crippen LogP contribution in [0.5, 0.6) is 0 Å². The Morgan fingerprint density at radius 1 is 1.57 bits per heavy atom. The summed E-state index contributed by atoms with van der Waals surface area (Å²) in [5.41, 5.74) is 0. The maximum Gasteiger partial charge on any atom is 0.0599 e. The minimum Gasteiger partial charge on any atom is -0.381 e. The van der Waals surface area contributed by atoms with E-state index >= 15 is 0 Å². The van der Waals surface area contributed by atoms with Crippen LogP contribution >= 0.6 is 11.6 Å². The molecule has 42 valence electrons. The Hall–Kier alpha value is 0.250. The van der Waals surface area contributed by atoms with Crippen LogP contribution in [-0.4, -0.2) is 18.6 Å². The van der Waals surface area contributed by atoms with Gasteiger partial charge < -0.3 is 4.74 Å². The summed E-state index contributed by atoms with van der Waals surface area (Å²) >= 11 is 5.64. The van der Waals surface area contributed by atoms with Crippen molar-refractivity contribution in [1.82, 2.24) is 0 Å². The van der Waals surface area contributed by atoms with E-state index in [0.29, 0.717) is 11.5 Å². The van der Waals surface area contributed by atoms with Crippen LogP contribution in [0, 0.1) is 0 Å². The average molecular weight is 121 g/mol. The number of hydrogen-bond donors (Lipinski definition) is 0. The molecule has 1 fully saturated rings. The van der Waals surface area contributed by atoms with Crippen molar-refractivity contribution in [3.8, 4) is 0 Å². The topological polar surface area (TPSA) is 9.23 Å². The van der Waals surface area contributed by atoms with Crippen LogP contribution in [0.4, 0.5) is 0 Å². The fraction of sp³-hybridized carbons (Fsp3) is 1.00. The first-order chi connectivity index (χ1) is 3.33. The van der Waals surface area contributed by atoms with E-state index in [-0.39, 0.29) is 0 Å². The van der Waals surface area contributed by atoms with Crippen molar-refractivity contribution in [3.05, 3.63) is 0 Å². The third kappa shape index (κ3) is 1.07. The van der Waals surface area contributed by atoms with E-state index in [0.717, 1.165) is 12.8 Å². The molecule has 0 aliphatic heterocycles. The Kier molecular flexibility index (Phi) is 1.55. The summed E-state index contributed by atoms with van der Waals surface area (Å²) in [5.74, 6) is 0. The van der Waals surface area contributed by atoms with Gasteiger partial charge in [0.1, 0.15) is 0 Å². The minimum atomic E-state index is 0.393. The highest BCUT2D eigenvalue weighted by Gasteiger charge is 2.26. The Morgan fingerprint density at radius 3 is 2.29 bits per heavy atom. The zero-order valence-corrected chi connectivity index (χ0v) is 5.11. The van der Waals surface area contributed by atoms with Gasteiger partial charge in [-0.2, -0.15) is 0 Å². The lowest BCUT2D eigenvalue weighted by Gasteiger charge is -2.28.